The molecule has 0 aliphatic heterocycles. The van der Waals surface area contributed by atoms with E-state index in [4.69, 9.17) is 14.2 Å². The number of rotatable bonds is 10. The first-order chi connectivity index (χ1) is 14.2. The zero-order valence-electron chi connectivity index (χ0n) is 16.4. The number of nitrogens with one attached hydrogen (secondary N) is 1. The van der Waals surface area contributed by atoms with Gasteiger partial charge in [-0.3, -0.25) is 4.79 Å². The van der Waals surface area contributed by atoms with Gasteiger partial charge in [0.05, 0.1) is 20.8 Å². The lowest BCUT2D eigenvalue weighted by atomic mass is 10.1. The van der Waals surface area contributed by atoms with Crippen molar-refractivity contribution in [3.8, 4) is 17.2 Å². The van der Waals surface area contributed by atoms with E-state index < -0.39 is 0 Å². The van der Waals surface area contributed by atoms with Gasteiger partial charge >= 0.3 is 0 Å². The molecule has 0 saturated carbocycles. The van der Waals surface area contributed by atoms with Crippen LogP contribution in [0.5, 0.6) is 17.2 Å². The zero-order chi connectivity index (χ0) is 20.5. The Labute approximate surface area is 173 Å². The van der Waals surface area contributed by atoms with Crippen LogP contribution in [0.3, 0.4) is 0 Å². The molecule has 1 amide bonds. The number of ether oxygens (including phenoxy) is 3. The highest BCUT2D eigenvalue weighted by atomic mass is 32.1. The van der Waals surface area contributed by atoms with Crippen LogP contribution in [0, 0.1) is 0 Å². The molecule has 0 radical (unpaired) electrons. The minimum absolute atomic E-state index is 0.101. The summed E-state index contributed by atoms with van der Waals surface area (Å²) in [5.41, 5.74) is 1.02. The average molecular weight is 413 g/mol. The summed E-state index contributed by atoms with van der Waals surface area (Å²) in [5.74, 6) is 2.05. The monoisotopic (exact) mass is 413 g/mol. The van der Waals surface area contributed by atoms with E-state index in [9.17, 15) is 4.79 Å². The summed E-state index contributed by atoms with van der Waals surface area (Å²) in [5, 5.41) is 12.3. The van der Waals surface area contributed by atoms with E-state index in [-0.39, 0.29) is 5.91 Å². The summed E-state index contributed by atoms with van der Waals surface area (Å²) in [6, 6.07) is 15.3. The maximum Gasteiger partial charge on any atom is 0.226 e. The fourth-order valence-corrected chi connectivity index (χ4v) is 3.45. The zero-order valence-corrected chi connectivity index (χ0v) is 17.2. The van der Waals surface area contributed by atoms with Crippen LogP contribution in [0.15, 0.2) is 48.5 Å². The third-order valence-electron chi connectivity index (χ3n) is 4.08. The molecule has 0 bridgehead atoms. The van der Waals surface area contributed by atoms with Gasteiger partial charge in [-0.1, -0.05) is 35.6 Å². The molecule has 7 nitrogen and oxygen atoms in total. The van der Waals surface area contributed by atoms with Gasteiger partial charge < -0.3 is 19.5 Å². The Bertz CT molecular complexity index is 931. The lowest BCUT2D eigenvalue weighted by Gasteiger charge is -2.08. The van der Waals surface area contributed by atoms with Gasteiger partial charge in [-0.25, -0.2) is 0 Å². The molecule has 1 aromatic heterocycles. The van der Waals surface area contributed by atoms with Crippen molar-refractivity contribution in [1.29, 1.82) is 0 Å². The lowest BCUT2D eigenvalue weighted by molar-refractivity contribution is -0.116. The molecular weight excluding hydrogens is 390 g/mol. The molecule has 0 fully saturated rings. The third-order valence-corrected chi connectivity index (χ3v) is 4.92. The van der Waals surface area contributed by atoms with E-state index in [2.05, 4.69) is 15.5 Å². The Morgan fingerprint density at radius 2 is 1.83 bits per heavy atom. The number of anilines is 1. The van der Waals surface area contributed by atoms with Crippen molar-refractivity contribution in [1.82, 2.24) is 10.2 Å². The van der Waals surface area contributed by atoms with E-state index in [0.29, 0.717) is 42.5 Å². The van der Waals surface area contributed by atoms with Crippen LogP contribution in [-0.4, -0.2) is 36.9 Å². The molecule has 0 spiro atoms. The highest BCUT2D eigenvalue weighted by molar-refractivity contribution is 7.15. The number of hydrogen-bond acceptors (Lipinski definition) is 7. The Morgan fingerprint density at radius 1 is 1.03 bits per heavy atom. The minimum atomic E-state index is -0.101. The minimum Gasteiger partial charge on any atom is -0.494 e. The smallest absolute Gasteiger partial charge is 0.226 e. The first-order valence-corrected chi connectivity index (χ1v) is 10.0. The number of amides is 1. The molecule has 1 N–H and O–H groups in total. The van der Waals surface area contributed by atoms with Gasteiger partial charge in [0.25, 0.3) is 0 Å². The lowest BCUT2D eigenvalue weighted by Crippen LogP contribution is -2.12. The van der Waals surface area contributed by atoms with Crippen molar-refractivity contribution < 1.29 is 19.0 Å². The molecule has 1 heterocycles. The topological polar surface area (TPSA) is 82.6 Å². The van der Waals surface area contributed by atoms with Gasteiger partial charge in [-0.15, -0.1) is 10.2 Å². The van der Waals surface area contributed by atoms with Gasteiger partial charge in [-0.2, -0.15) is 0 Å². The molecule has 0 saturated heterocycles. The van der Waals surface area contributed by atoms with Crippen LogP contribution in [-0.2, 0) is 11.2 Å². The molecule has 0 aliphatic carbocycles. The molecule has 3 aromatic rings. The number of carbonyl (C=O) groups is 1. The molecule has 2 aromatic carbocycles. The normalized spacial score (nSPS) is 10.4. The second kappa shape index (κ2) is 10.4. The molecule has 0 unspecified atom stereocenters. The Balaban J connectivity index is 1.45. The van der Waals surface area contributed by atoms with E-state index in [1.807, 2.05) is 48.5 Å². The van der Waals surface area contributed by atoms with E-state index in [0.717, 1.165) is 16.3 Å². The second-order valence-electron chi connectivity index (χ2n) is 6.18. The van der Waals surface area contributed by atoms with Crippen molar-refractivity contribution in [3.63, 3.8) is 0 Å². The predicted molar refractivity (Wildman–Crippen MR) is 112 cm³/mol. The van der Waals surface area contributed by atoms with Gasteiger partial charge in [0.2, 0.25) is 11.0 Å². The van der Waals surface area contributed by atoms with Crippen LogP contribution in [0.25, 0.3) is 0 Å². The largest absolute Gasteiger partial charge is 0.494 e. The van der Waals surface area contributed by atoms with Crippen molar-refractivity contribution >= 4 is 22.4 Å². The maximum atomic E-state index is 12.1. The fourth-order valence-electron chi connectivity index (χ4n) is 2.66. The highest BCUT2D eigenvalue weighted by Gasteiger charge is 2.11. The number of hydrogen-bond donors (Lipinski definition) is 1. The summed E-state index contributed by atoms with van der Waals surface area (Å²) in [4.78, 5) is 12.1. The Kier molecular flexibility index (Phi) is 7.40. The van der Waals surface area contributed by atoms with Crippen LogP contribution in [0.4, 0.5) is 5.13 Å². The van der Waals surface area contributed by atoms with Crippen molar-refractivity contribution in [3.05, 3.63) is 59.1 Å². The maximum absolute atomic E-state index is 12.1. The molecule has 0 atom stereocenters. The number of aromatic nitrogens is 2. The van der Waals surface area contributed by atoms with Crippen molar-refractivity contribution in [2.45, 2.75) is 19.3 Å². The van der Waals surface area contributed by atoms with Gasteiger partial charge in [0.15, 0.2) is 11.5 Å². The molecule has 29 heavy (non-hydrogen) atoms. The van der Waals surface area contributed by atoms with E-state index >= 15 is 0 Å². The number of carbonyl (C=O) groups excluding carboxylic acids is 1. The van der Waals surface area contributed by atoms with Gasteiger partial charge in [-0.05, 0) is 36.2 Å². The fraction of sp³-hybridized carbons (Fsp3) is 0.286. The van der Waals surface area contributed by atoms with E-state index in [1.54, 1.807) is 14.2 Å². The van der Waals surface area contributed by atoms with Crippen molar-refractivity contribution in [2.75, 3.05) is 26.1 Å². The summed E-state index contributed by atoms with van der Waals surface area (Å²) in [7, 11) is 3.20. The molecular formula is C21H23N3O4S. The summed E-state index contributed by atoms with van der Waals surface area (Å²) in [6.07, 6.45) is 1.58. The molecule has 8 heteroatoms. The summed E-state index contributed by atoms with van der Waals surface area (Å²) < 4.78 is 16.2. The van der Waals surface area contributed by atoms with Crippen LogP contribution >= 0.6 is 11.3 Å². The third kappa shape index (κ3) is 6.18. The highest BCUT2D eigenvalue weighted by Crippen LogP contribution is 2.29. The average Bonchev–Trinajstić information content (AvgIpc) is 3.18. The number of benzene rings is 2. The first kappa shape index (κ1) is 20.6. The number of methoxy groups -OCH3 is 2. The first-order valence-electron chi connectivity index (χ1n) is 9.19. The SMILES string of the molecule is COc1ccc(Cc2nnc(NC(=O)CCCOc3ccccc3)s2)cc1OC. The number of para-hydroxylation sites is 1. The van der Waals surface area contributed by atoms with E-state index in [1.165, 1.54) is 11.3 Å². The van der Waals surface area contributed by atoms with Crippen LogP contribution in [0.2, 0.25) is 0 Å². The van der Waals surface area contributed by atoms with Crippen molar-refractivity contribution in [2.24, 2.45) is 0 Å². The van der Waals surface area contributed by atoms with Crippen LogP contribution in [0.1, 0.15) is 23.4 Å². The Hall–Kier alpha value is -3.13. The molecule has 152 valence electrons. The predicted octanol–water partition coefficient (Wildman–Crippen LogP) is 3.94. The Morgan fingerprint density at radius 3 is 2.59 bits per heavy atom. The van der Waals surface area contributed by atoms with Gasteiger partial charge in [0, 0.05) is 12.8 Å². The standard InChI is InChI=1S/C21H23N3O4S/c1-26-17-11-10-15(13-18(17)27-2)14-20-23-24-21(29-20)22-19(25)9-6-12-28-16-7-4-3-5-8-16/h3-5,7-8,10-11,13H,6,9,12,14H2,1-2H3,(H,22,24,25). The molecule has 3 rings (SSSR count). The number of nitrogens with zero attached hydrogens (tertiary/aromatic N) is 2. The van der Waals surface area contributed by atoms with Gasteiger partial charge in [0.1, 0.15) is 10.8 Å². The summed E-state index contributed by atoms with van der Waals surface area (Å²) in [6.45, 7) is 0.484. The quantitative estimate of drug-likeness (QED) is 0.507. The second-order valence-corrected chi connectivity index (χ2v) is 7.24. The molecule has 0 aliphatic rings. The van der Waals surface area contributed by atoms with Crippen LogP contribution < -0.4 is 19.5 Å². The summed E-state index contributed by atoms with van der Waals surface area (Å²) >= 11 is 1.36.